The van der Waals surface area contributed by atoms with Gasteiger partial charge in [0, 0.05) is 11.8 Å². The van der Waals surface area contributed by atoms with Crippen molar-refractivity contribution in [3.63, 3.8) is 0 Å². The molecule has 2 aromatic heterocycles. The largest absolute Gasteiger partial charge is 0.313 e. The number of benzene rings is 4. The molecule has 0 saturated carbocycles. The number of aromatic nitrogens is 3. The normalized spacial score (nSPS) is 12.5. The number of hydrogen-bond acceptors (Lipinski definition) is 0. The lowest BCUT2D eigenvalue weighted by molar-refractivity contribution is -0.646. The minimum absolute atomic E-state index is 0.382. The quantitative estimate of drug-likeness (QED) is 0.207. The van der Waals surface area contributed by atoms with Crippen molar-refractivity contribution in [1.29, 1.82) is 0 Å². The molecular weight excluding hydrogens is 474 g/mol. The molecule has 1 aliphatic rings. The Morgan fingerprint density at radius 2 is 1.28 bits per heavy atom. The maximum atomic E-state index is 2.49. The molecule has 0 fully saturated rings. The monoisotopic (exact) mass is 508 g/mol. The van der Waals surface area contributed by atoms with Gasteiger partial charge in [0.25, 0.3) is 0 Å². The lowest BCUT2D eigenvalue weighted by atomic mass is 9.88. The molecule has 0 saturated heterocycles. The second-order valence-corrected chi connectivity index (χ2v) is 11.3. The van der Waals surface area contributed by atoms with Gasteiger partial charge in [0.1, 0.15) is 17.9 Å². The van der Waals surface area contributed by atoms with Crippen LogP contribution in [0.15, 0.2) is 109 Å². The lowest BCUT2D eigenvalue weighted by Crippen LogP contribution is -2.31. The fourth-order valence-electron chi connectivity index (χ4n) is 6.31. The molecule has 3 heterocycles. The lowest BCUT2D eigenvalue weighted by Gasteiger charge is -2.23. The summed E-state index contributed by atoms with van der Waals surface area (Å²) in [6, 6.07) is 37.5. The Bertz CT molecular complexity index is 1790. The maximum Gasteiger partial charge on any atom is 0.313 e. The van der Waals surface area contributed by atoms with Gasteiger partial charge >= 0.3 is 5.82 Å². The molecule has 0 spiro atoms. The van der Waals surface area contributed by atoms with Crippen LogP contribution in [-0.4, -0.2) is 9.13 Å². The molecule has 0 atom stereocenters. The van der Waals surface area contributed by atoms with Gasteiger partial charge in [-0.2, -0.15) is 4.57 Å². The summed E-state index contributed by atoms with van der Waals surface area (Å²) < 4.78 is 7.43. The highest BCUT2D eigenvalue weighted by Crippen LogP contribution is 2.41. The highest BCUT2D eigenvalue weighted by molar-refractivity contribution is 5.81. The van der Waals surface area contributed by atoms with Crippen molar-refractivity contribution < 1.29 is 4.57 Å². The van der Waals surface area contributed by atoms with E-state index in [1.807, 2.05) is 0 Å². The number of hydrogen-bond donors (Lipinski definition) is 0. The summed E-state index contributed by atoms with van der Waals surface area (Å²) in [5.41, 5.74) is 13.0. The van der Waals surface area contributed by atoms with Gasteiger partial charge in [0.2, 0.25) is 0 Å². The van der Waals surface area contributed by atoms with E-state index in [9.17, 15) is 0 Å². The van der Waals surface area contributed by atoms with Crippen molar-refractivity contribution in [2.75, 3.05) is 0 Å². The van der Waals surface area contributed by atoms with Gasteiger partial charge in [0.05, 0.1) is 5.69 Å². The molecule has 3 nitrogen and oxygen atoms in total. The Kier molecular flexibility index (Phi) is 5.55. The van der Waals surface area contributed by atoms with E-state index in [2.05, 4.69) is 151 Å². The van der Waals surface area contributed by atoms with Gasteiger partial charge in [-0.15, -0.1) is 0 Å². The third-order valence-electron chi connectivity index (χ3n) is 8.17. The molecule has 0 bridgehead atoms. The van der Waals surface area contributed by atoms with E-state index < -0.39 is 0 Å². The predicted octanol–water partition coefficient (Wildman–Crippen LogP) is 8.65. The highest BCUT2D eigenvalue weighted by atomic mass is 15.2. The number of nitrogens with zero attached hydrogens (tertiary/aromatic N) is 3. The minimum atomic E-state index is 0.382. The van der Waals surface area contributed by atoms with Crippen molar-refractivity contribution in [2.24, 2.45) is 0 Å². The molecule has 192 valence electrons. The minimum Gasteiger partial charge on any atom is -0.309 e. The van der Waals surface area contributed by atoms with Gasteiger partial charge in [-0.3, -0.25) is 0 Å². The zero-order valence-corrected chi connectivity index (χ0v) is 23.1. The molecular formula is C36H34N3+. The number of rotatable bonds is 5. The van der Waals surface area contributed by atoms with Crippen LogP contribution in [0, 0.1) is 0 Å². The molecule has 6 aromatic rings. The second-order valence-electron chi connectivity index (χ2n) is 11.3. The first-order valence-electron chi connectivity index (χ1n) is 14.1. The van der Waals surface area contributed by atoms with Gasteiger partial charge in [-0.05, 0) is 76.6 Å². The van der Waals surface area contributed by atoms with E-state index in [4.69, 9.17) is 0 Å². The molecule has 0 radical (unpaired) electrons. The number of imidazole rings is 1. The highest BCUT2D eigenvalue weighted by Gasteiger charge is 2.38. The molecule has 0 unspecified atom stereocenters. The van der Waals surface area contributed by atoms with E-state index >= 15 is 0 Å². The molecule has 39 heavy (non-hydrogen) atoms. The van der Waals surface area contributed by atoms with Crippen LogP contribution < -0.4 is 4.57 Å². The number of para-hydroxylation sites is 3. The summed E-state index contributed by atoms with van der Waals surface area (Å²) in [5, 5.41) is 0. The third kappa shape index (κ3) is 3.68. The number of fused-ring (bicyclic) bond motifs is 5. The summed E-state index contributed by atoms with van der Waals surface area (Å²) in [6.45, 7) is 10.2. The van der Waals surface area contributed by atoms with Crippen LogP contribution >= 0.6 is 0 Å². The van der Waals surface area contributed by atoms with E-state index in [-0.39, 0.29) is 0 Å². The maximum absolute atomic E-state index is 2.49. The van der Waals surface area contributed by atoms with Crippen LogP contribution in [0.3, 0.4) is 0 Å². The topological polar surface area (TPSA) is 13.7 Å². The van der Waals surface area contributed by atoms with E-state index in [1.54, 1.807) is 0 Å². The summed E-state index contributed by atoms with van der Waals surface area (Å²) >= 11 is 0. The summed E-state index contributed by atoms with van der Waals surface area (Å²) in [4.78, 5) is 0. The first kappa shape index (κ1) is 23.7. The summed E-state index contributed by atoms with van der Waals surface area (Å²) in [5.74, 6) is 2.01. The first-order valence-corrected chi connectivity index (χ1v) is 14.1. The fraction of sp³-hybridized carbons (Fsp3) is 0.194. The zero-order chi connectivity index (χ0) is 26.7. The second kappa shape index (κ2) is 9.13. The van der Waals surface area contributed by atoms with Crippen LogP contribution in [0.1, 0.15) is 56.2 Å². The van der Waals surface area contributed by atoms with Crippen molar-refractivity contribution in [3.05, 3.63) is 126 Å². The summed E-state index contributed by atoms with van der Waals surface area (Å²) in [6.07, 6.45) is 2.30. The van der Waals surface area contributed by atoms with Crippen molar-refractivity contribution in [3.8, 4) is 34.0 Å². The average molecular weight is 509 g/mol. The van der Waals surface area contributed by atoms with Crippen LogP contribution in [-0.2, 0) is 6.54 Å². The molecule has 0 aliphatic carbocycles. The Hall–Kier alpha value is -4.37. The molecule has 3 heteroatoms. The first-order chi connectivity index (χ1) is 19.0. The molecule has 0 N–H and O–H groups in total. The Morgan fingerprint density at radius 1 is 0.667 bits per heavy atom. The summed E-state index contributed by atoms with van der Waals surface area (Å²) in [7, 11) is 0. The van der Waals surface area contributed by atoms with Crippen molar-refractivity contribution >= 4 is 11.0 Å². The van der Waals surface area contributed by atoms with Gasteiger partial charge in [0.15, 0.2) is 11.0 Å². The Labute approximate surface area is 230 Å². The van der Waals surface area contributed by atoms with Gasteiger partial charge in [-0.25, -0.2) is 4.57 Å². The van der Waals surface area contributed by atoms with Crippen LogP contribution in [0.4, 0.5) is 0 Å². The van der Waals surface area contributed by atoms with E-state index in [0.29, 0.717) is 11.8 Å². The molecule has 4 aromatic carbocycles. The van der Waals surface area contributed by atoms with E-state index in [1.165, 1.54) is 61.7 Å². The fourth-order valence-corrected chi connectivity index (χ4v) is 6.31. The molecule has 1 aliphatic heterocycles. The molecule has 0 amide bonds. The smallest absolute Gasteiger partial charge is 0.309 e. The van der Waals surface area contributed by atoms with Gasteiger partial charge < -0.3 is 4.57 Å². The zero-order valence-electron chi connectivity index (χ0n) is 23.1. The average Bonchev–Trinajstić information content (AvgIpc) is 3.62. The van der Waals surface area contributed by atoms with Crippen molar-refractivity contribution in [1.82, 2.24) is 9.13 Å². The van der Waals surface area contributed by atoms with Crippen molar-refractivity contribution in [2.45, 2.75) is 46.1 Å². The Balaban J connectivity index is 1.53. The predicted molar refractivity (Wildman–Crippen MR) is 161 cm³/mol. The molecule has 7 rings (SSSR count). The van der Waals surface area contributed by atoms with E-state index in [0.717, 1.165) is 6.54 Å². The Morgan fingerprint density at radius 3 is 1.95 bits per heavy atom. The van der Waals surface area contributed by atoms with Crippen LogP contribution in [0.25, 0.3) is 45.1 Å². The van der Waals surface area contributed by atoms with Crippen LogP contribution in [0.5, 0.6) is 0 Å². The standard InChI is InChI=1S/C36H34N3/c1-24(2)30-21-28(26-13-7-5-8-14-26)22-31(25(3)4)35(30)37-20-19-27-23-38-32-17-11-12-18-33(32)39(36(38)34(27)37)29-15-9-6-10-16-29/h5-22,24-25H,23H2,1-4H3/q+1. The SMILES string of the molecule is CC(C)c1cc(-c2ccccc2)cc(C(C)C)c1-n1ccc2c1-c1n(-c3ccccc3)c3ccccc3[n+]1C2. The van der Waals surface area contributed by atoms with Gasteiger partial charge in [-0.1, -0.05) is 88.4 Å². The third-order valence-corrected chi connectivity index (χ3v) is 8.17. The van der Waals surface area contributed by atoms with Crippen LogP contribution in [0.2, 0.25) is 0 Å².